The van der Waals surface area contributed by atoms with Crippen LogP contribution in [0.5, 0.6) is 0 Å². The first-order valence-electron chi connectivity index (χ1n) is 10.8. The van der Waals surface area contributed by atoms with Gasteiger partial charge in [0.2, 0.25) is 11.8 Å². The van der Waals surface area contributed by atoms with Crippen molar-refractivity contribution in [3.05, 3.63) is 24.3 Å². The highest BCUT2D eigenvalue weighted by molar-refractivity contribution is 5.94. The van der Waals surface area contributed by atoms with Gasteiger partial charge in [-0.1, -0.05) is 12.5 Å². The van der Waals surface area contributed by atoms with Crippen LogP contribution in [0.15, 0.2) is 24.3 Å². The first-order chi connectivity index (χ1) is 13.7. The number of carbonyl (C=O) groups excluding carboxylic acids is 2. The van der Waals surface area contributed by atoms with Gasteiger partial charge in [0.15, 0.2) is 0 Å². The largest absolute Gasteiger partial charge is 0.326 e. The lowest BCUT2D eigenvalue weighted by Crippen LogP contribution is -2.32. The molecule has 0 unspecified atom stereocenters. The summed E-state index contributed by atoms with van der Waals surface area (Å²) in [4.78, 5) is 26.8. The van der Waals surface area contributed by atoms with Crippen molar-refractivity contribution in [2.75, 3.05) is 43.4 Å². The molecule has 2 heterocycles. The van der Waals surface area contributed by atoms with E-state index in [-0.39, 0.29) is 11.8 Å². The molecule has 2 aliphatic heterocycles. The number of rotatable bonds is 8. The van der Waals surface area contributed by atoms with Crippen LogP contribution in [-0.4, -0.2) is 49.4 Å². The maximum atomic E-state index is 12.2. The molecule has 6 heteroatoms. The van der Waals surface area contributed by atoms with Crippen LogP contribution in [0.25, 0.3) is 0 Å². The van der Waals surface area contributed by atoms with Crippen LogP contribution in [0.3, 0.4) is 0 Å². The fourth-order valence-electron chi connectivity index (χ4n) is 4.07. The van der Waals surface area contributed by atoms with E-state index in [1.54, 1.807) is 0 Å². The highest BCUT2D eigenvalue weighted by atomic mass is 16.2. The maximum Gasteiger partial charge on any atom is 0.225 e. The summed E-state index contributed by atoms with van der Waals surface area (Å²) in [7, 11) is 0. The van der Waals surface area contributed by atoms with E-state index in [0.29, 0.717) is 18.8 Å². The fraction of sp³-hybridized carbons (Fsp3) is 0.636. The van der Waals surface area contributed by atoms with Gasteiger partial charge >= 0.3 is 0 Å². The number of benzene rings is 1. The second-order valence-electron chi connectivity index (χ2n) is 8.06. The number of nitrogens with one attached hydrogen (secondary N) is 3. The summed E-state index contributed by atoms with van der Waals surface area (Å²) in [5.74, 6) is 0.726. The predicted octanol–water partition coefficient (Wildman–Crippen LogP) is 3.22. The van der Waals surface area contributed by atoms with Crippen LogP contribution < -0.4 is 16.0 Å². The van der Waals surface area contributed by atoms with Gasteiger partial charge in [0, 0.05) is 30.8 Å². The van der Waals surface area contributed by atoms with Crippen molar-refractivity contribution in [3.63, 3.8) is 0 Å². The zero-order valence-electron chi connectivity index (χ0n) is 16.8. The molecule has 2 aliphatic rings. The van der Waals surface area contributed by atoms with Crippen LogP contribution in [-0.2, 0) is 9.59 Å². The van der Waals surface area contributed by atoms with Crippen LogP contribution >= 0.6 is 0 Å². The third kappa shape index (κ3) is 7.24. The Morgan fingerprint density at radius 1 is 0.964 bits per heavy atom. The number of likely N-dealkylation sites (tertiary alicyclic amines) is 1. The summed E-state index contributed by atoms with van der Waals surface area (Å²) in [5, 5.41) is 9.27. The van der Waals surface area contributed by atoms with Gasteiger partial charge in [-0.25, -0.2) is 0 Å². The van der Waals surface area contributed by atoms with Crippen molar-refractivity contribution >= 4 is 23.2 Å². The van der Waals surface area contributed by atoms with Gasteiger partial charge in [-0.15, -0.1) is 0 Å². The summed E-state index contributed by atoms with van der Waals surface area (Å²) in [6, 6.07) is 7.43. The minimum Gasteiger partial charge on any atom is -0.326 e. The van der Waals surface area contributed by atoms with Crippen molar-refractivity contribution in [2.45, 2.75) is 51.4 Å². The van der Waals surface area contributed by atoms with E-state index in [1.165, 1.54) is 19.3 Å². The lowest BCUT2D eigenvalue weighted by atomic mass is 9.93. The van der Waals surface area contributed by atoms with E-state index in [9.17, 15) is 9.59 Å². The van der Waals surface area contributed by atoms with Gasteiger partial charge < -0.3 is 20.9 Å². The van der Waals surface area contributed by atoms with Crippen LogP contribution in [0.1, 0.15) is 51.4 Å². The maximum absolute atomic E-state index is 12.2. The Balaban J connectivity index is 1.39. The third-order valence-corrected chi connectivity index (χ3v) is 5.77. The quantitative estimate of drug-likeness (QED) is 0.641. The highest BCUT2D eigenvalue weighted by Gasteiger charge is 2.15. The number of carbonyl (C=O) groups is 2. The number of nitrogens with zero attached hydrogens (tertiary/aromatic N) is 1. The monoisotopic (exact) mass is 386 g/mol. The topological polar surface area (TPSA) is 73.5 Å². The summed E-state index contributed by atoms with van der Waals surface area (Å²) in [5.41, 5.74) is 1.48. The van der Waals surface area contributed by atoms with Gasteiger partial charge in [0.1, 0.15) is 0 Å². The number of amides is 2. The SMILES string of the molecule is O=C(CCC1CCNCC1)Nc1cccc(NC(=O)CCN2CCCCC2)c1. The number of hydrogen-bond acceptors (Lipinski definition) is 4. The Kier molecular flexibility index (Phi) is 8.30. The molecule has 6 nitrogen and oxygen atoms in total. The molecule has 0 bridgehead atoms. The highest BCUT2D eigenvalue weighted by Crippen LogP contribution is 2.20. The fourth-order valence-corrected chi connectivity index (χ4v) is 4.07. The van der Waals surface area contributed by atoms with E-state index in [2.05, 4.69) is 20.9 Å². The van der Waals surface area contributed by atoms with Crippen LogP contribution in [0.4, 0.5) is 11.4 Å². The van der Waals surface area contributed by atoms with Crippen LogP contribution in [0.2, 0.25) is 0 Å². The summed E-state index contributed by atoms with van der Waals surface area (Å²) in [6.07, 6.45) is 8.10. The van der Waals surface area contributed by atoms with Gasteiger partial charge in [0.25, 0.3) is 0 Å². The second-order valence-corrected chi connectivity index (χ2v) is 8.06. The van der Waals surface area contributed by atoms with E-state index in [1.807, 2.05) is 24.3 Å². The Bertz CT molecular complexity index is 586. The minimum atomic E-state index is 0.0277. The number of piperidine rings is 2. The molecule has 3 rings (SSSR count). The van der Waals surface area contributed by atoms with Crippen LogP contribution in [0, 0.1) is 5.92 Å². The van der Waals surface area contributed by atoms with E-state index in [0.717, 1.165) is 63.4 Å². The average molecular weight is 387 g/mol. The molecule has 1 aromatic carbocycles. The first kappa shape index (κ1) is 20.8. The molecule has 0 saturated carbocycles. The molecule has 28 heavy (non-hydrogen) atoms. The van der Waals surface area contributed by atoms with E-state index in [4.69, 9.17) is 0 Å². The Hall–Kier alpha value is -1.92. The summed E-state index contributed by atoms with van der Waals surface area (Å²) >= 11 is 0. The number of hydrogen-bond donors (Lipinski definition) is 3. The van der Waals surface area contributed by atoms with E-state index >= 15 is 0 Å². The number of anilines is 2. The van der Waals surface area contributed by atoms with E-state index < -0.39 is 0 Å². The molecule has 0 aromatic heterocycles. The van der Waals surface area contributed by atoms with Gasteiger partial charge in [0.05, 0.1) is 0 Å². The van der Waals surface area contributed by atoms with Gasteiger partial charge in [-0.05, 0) is 82.4 Å². The van der Waals surface area contributed by atoms with Crippen molar-refractivity contribution in [3.8, 4) is 0 Å². The molecule has 0 aliphatic carbocycles. The molecule has 154 valence electrons. The van der Waals surface area contributed by atoms with Gasteiger partial charge in [-0.3, -0.25) is 9.59 Å². The summed E-state index contributed by atoms with van der Waals surface area (Å²) in [6.45, 7) is 5.15. The molecular weight excluding hydrogens is 352 g/mol. The Morgan fingerprint density at radius 2 is 1.61 bits per heavy atom. The second kappa shape index (κ2) is 11.2. The smallest absolute Gasteiger partial charge is 0.225 e. The zero-order valence-corrected chi connectivity index (χ0v) is 16.8. The van der Waals surface area contributed by atoms with Gasteiger partial charge in [-0.2, -0.15) is 0 Å². The predicted molar refractivity (Wildman–Crippen MR) is 113 cm³/mol. The summed E-state index contributed by atoms with van der Waals surface area (Å²) < 4.78 is 0. The van der Waals surface area contributed by atoms with Crippen molar-refractivity contribution in [2.24, 2.45) is 5.92 Å². The molecule has 0 spiro atoms. The molecule has 2 fully saturated rings. The lowest BCUT2D eigenvalue weighted by molar-refractivity contribution is -0.117. The minimum absolute atomic E-state index is 0.0277. The zero-order chi connectivity index (χ0) is 19.6. The third-order valence-electron chi connectivity index (χ3n) is 5.77. The van der Waals surface area contributed by atoms with Crippen molar-refractivity contribution in [1.29, 1.82) is 0 Å². The average Bonchev–Trinajstić information content (AvgIpc) is 2.72. The molecule has 1 aromatic rings. The molecule has 3 N–H and O–H groups in total. The molecule has 0 radical (unpaired) electrons. The molecular formula is C22H34N4O2. The van der Waals surface area contributed by atoms with Crippen molar-refractivity contribution < 1.29 is 9.59 Å². The van der Waals surface area contributed by atoms with Crippen molar-refractivity contribution in [1.82, 2.24) is 10.2 Å². The Morgan fingerprint density at radius 3 is 2.29 bits per heavy atom. The standard InChI is InChI=1S/C22H34N4O2/c27-21(8-7-18-9-12-23-13-10-18)24-19-5-4-6-20(17-19)25-22(28)11-16-26-14-2-1-3-15-26/h4-6,17-18,23H,1-3,7-16H2,(H,24,27)(H,25,28). The normalized spacial score (nSPS) is 18.6. The first-order valence-corrected chi connectivity index (χ1v) is 10.8. The molecule has 2 saturated heterocycles. The molecule has 2 amide bonds. The lowest BCUT2D eigenvalue weighted by Gasteiger charge is -2.25. The molecule has 0 atom stereocenters. The Labute approximate surface area is 168 Å².